The Bertz CT molecular complexity index is 346. The van der Waals surface area contributed by atoms with Gasteiger partial charge in [0.1, 0.15) is 5.75 Å². The van der Waals surface area contributed by atoms with Crippen LogP contribution in [0.25, 0.3) is 0 Å². The van der Waals surface area contributed by atoms with E-state index in [1.807, 2.05) is 19.1 Å². The van der Waals surface area contributed by atoms with Crippen molar-refractivity contribution in [1.82, 2.24) is 5.32 Å². The lowest BCUT2D eigenvalue weighted by atomic mass is 10.00. The van der Waals surface area contributed by atoms with Crippen molar-refractivity contribution in [3.8, 4) is 5.75 Å². The van der Waals surface area contributed by atoms with Crippen LogP contribution in [-0.2, 0) is 6.54 Å². The summed E-state index contributed by atoms with van der Waals surface area (Å²) in [5.74, 6) is 0.870. The number of aryl methyl sites for hydroxylation is 1. The molecule has 3 N–H and O–H groups in total. The van der Waals surface area contributed by atoms with Gasteiger partial charge in [-0.1, -0.05) is 31.0 Å². The first-order chi connectivity index (χ1) is 8.67. The Kier molecular flexibility index (Phi) is 6.76. The molecule has 0 bridgehead atoms. The van der Waals surface area contributed by atoms with E-state index in [0.29, 0.717) is 18.2 Å². The summed E-state index contributed by atoms with van der Waals surface area (Å²) in [7, 11) is 0. The summed E-state index contributed by atoms with van der Waals surface area (Å²) in [6, 6.07) is 5.65. The Balaban J connectivity index is 2.41. The number of rotatable bonds is 8. The lowest BCUT2D eigenvalue weighted by Crippen LogP contribution is -2.23. The number of hydrogen-bond donors (Lipinski definition) is 3. The summed E-state index contributed by atoms with van der Waals surface area (Å²) in [6.45, 7) is 6.01. The third-order valence-corrected chi connectivity index (χ3v) is 3.22. The van der Waals surface area contributed by atoms with Crippen LogP contribution in [0.15, 0.2) is 18.2 Å². The Morgan fingerprint density at radius 3 is 2.72 bits per heavy atom. The lowest BCUT2D eigenvalue weighted by molar-refractivity contribution is 0.248. The van der Waals surface area contributed by atoms with E-state index in [1.54, 1.807) is 6.07 Å². The monoisotopic (exact) mass is 251 g/mol. The van der Waals surface area contributed by atoms with Crippen LogP contribution in [0.2, 0.25) is 0 Å². The fraction of sp³-hybridized carbons (Fsp3) is 0.600. The summed E-state index contributed by atoms with van der Waals surface area (Å²) in [5.41, 5.74) is 2.10. The van der Waals surface area contributed by atoms with Crippen molar-refractivity contribution in [3.63, 3.8) is 0 Å². The van der Waals surface area contributed by atoms with Gasteiger partial charge in [-0.2, -0.15) is 0 Å². The van der Waals surface area contributed by atoms with Gasteiger partial charge in [0, 0.05) is 18.7 Å². The molecule has 0 fully saturated rings. The van der Waals surface area contributed by atoms with Gasteiger partial charge in [-0.05, 0) is 38.3 Å². The number of aromatic hydroxyl groups is 1. The first-order valence-electron chi connectivity index (χ1n) is 6.77. The van der Waals surface area contributed by atoms with Gasteiger partial charge in [-0.25, -0.2) is 0 Å². The predicted octanol–water partition coefficient (Wildman–Crippen LogP) is 2.59. The topological polar surface area (TPSA) is 52.5 Å². The second kappa shape index (κ2) is 8.11. The van der Waals surface area contributed by atoms with Gasteiger partial charge in [0.15, 0.2) is 0 Å². The van der Waals surface area contributed by atoms with E-state index in [1.165, 1.54) is 0 Å². The molecule has 3 heteroatoms. The smallest absolute Gasteiger partial charge is 0.120 e. The number of phenolic OH excluding ortho intramolecular Hbond substituents is 1. The van der Waals surface area contributed by atoms with Crippen LogP contribution < -0.4 is 5.32 Å². The van der Waals surface area contributed by atoms with Crippen molar-refractivity contribution in [2.75, 3.05) is 13.2 Å². The van der Waals surface area contributed by atoms with Gasteiger partial charge in [0.25, 0.3) is 0 Å². The minimum absolute atomic E-state index is 0.252. The summed E-state index contributed by atoms with van der Waals surface area (Å²) in [4.78, 5) is 0. The van der Waals surface area contributed by atoms with E-state index >= 15 is 0 Å². The molecule has 0 saturated carbocycles. The highest BCUT2D eigenvalue weighted by Gasteiger charge is 2.07. The van der Waals surface area contributed by atoms with Gasteiger partial charge < -0.3 is 15.5 Å². The van der Waals surface area contributed by atoms with Crippen LogP contribution in [0.4, 0.5) is 0 Å². The molecule has 0 saturated heterocycles. The number of aliphatic hydroxyl groups is 1. The lowest BCUT2D eigenvalue weighted by Gasteiger charge is -2.16. The Morgan fingerprint density at radius 2 is 2.06 bits per heavy atom. The minimum atomic E-state index is 0.252. The van der Waals surface area contributed by atoms with E-state index < -0.39 is 0 Å². The van der Waals surface area contributed by atoms with Crippen molar-refractivity contribution in [1.29, 1.82) is 0 Å². The quantitative estimate of drug-likeness (QED) is 0.665. The van der Waals surface area contributed by atoms with E-state index in [0.717, 1.165) is 36.9 Å². The third kappa shape index (κ3) is 5.07. The average Bonchev–Trinajstić information content (AvgIpc) is 2.34. The highest BCUT2D eigenvalue weighted by atomic mass is 16.3. The third-order valence-electron chi connectivity index (χ3n) is 3.22. The van der Waals surface area contributed by atoms with Crippen molar-refractivity contribution < 1.29 is 10.2 Å². The molecular formula is C15H25NO2. The Labute approximate surface area is 110 Å². The van der Waals surface area contributed by atoms with Crippen LogP contribution in [0, 0.1) is 12.8 Å². The highest BCUT2D eigenvalue weighted by molar-refractivity contribution is 5.35. The molecule has 1 rings (SSSR count). The van der Waals surface area contributed by atoms with Crippen molar-refractivity contribution in [2.45, 2.75) is 39.7 Å². The molecule has 1 unspecified atom stereocenters. The van der Waals surface area contributed by atoms with Gasteiger partial charge in [0.2, 0.25) is 0 Å². The summed E-state index contributed by atoms with van der Waals surface area (Å²) in [6.07, 6.45) is 3.12. The van der Waals surface area contributed by atoms with Crippen molar-refractivity contribution in [2.24, 2.45) is 5.92 Å². The summed E-state index contributed by atoms with van der Waals surface area (Å²) >= 11 is 0. The van der Waals surface area contributed by atoms with Crippen LogP contribution in [-0.4, -0.2) is 23.4 Å². The molecule has 0 amide bonds. The zero-order valence-electron chi connectivity index (χ0n) is 11.4. The van der Waals surface area contributed by atoms with Crippen LogP contribution in [0.1, 0.15) is 37.3 Å². The highest BCUT2D eigenvalue weighted by Crippen LogP contribution is 2.18. The van der Waals surface area contributed by atoms with E-state index in [-0.39, 0.29) is 6.61 Å². The standard InChI is InChI=1S/C15H25NO2/c1-3-4-13(7-8-17)10-16-11-14-9-12(2)5-6-15(14)18/h5-6,9,13,16-18H,3-4,7-8,10-11H2,1-2H3. The molecule has 18 heavy (non-hydrogen) atoms. The SMILES string of the molecule is CCCC(CCO)CNCc1cc(C)ccc1O. The molecular weight excluding hydrogens is 226 g/mol. The van der Waals surface area contributed by atoms with E-state index in [9.17, 15) is 5.11 Å². The van der Waals surface area contributed by atoms with Crippen molar-refractivity contribution >= 4 is 0 Å². The molecule has 0 heterocycles. The summed E-state index contributed by atoms with van der Waals surface area (Å²) in [5, 5.41) is 22.1. The zero-order chi connectivity index (χ0) is 13.4. The molecule has 0 aliphatic rings. The number of phenols is 1. The number of benzene rings is 1. The predicted molar refractivity (Wildman–Crippen MR) is 74.7 cm³/mol. The number of nitrogens with one attached hydrogen (secondary N) is 1. The van der Waals surface area contributed by atoms with Crippen LogP contribution in [0.5, 0.6) is 5.75 Å². The minimum Gasteiger partial charge on any atom is -0.508 e. The van der Waals surface area contributed by atoms with E-state index in [2.05, 4.69) is 12.2 Å². The van der Waals surface area contributed by atoms with Crippen LogP contribution in [0.3, 0.4) is 0 Å². The maximum absolute atomic E-state index is 9.73. The second-order valence-corrected chi connectivity index (χ2v) is 4.93. The Hall–Kier alpha value is -1.06. The molecule has 0 aromatic heterocycles. The molecule has 3 nitrogen and oxygen atoms in total. The van der Waals surface area contributed by atoms with E-state index in [4.69, 9.17) is 5.11 Å². The largest absolute Gasteiger partial charge is 0.508 e. The molecule has 0 aliphatic heterocycles. The molecule has 0 radical (unpaired) electrons. The summed E-state index contributed by atoms with van der Waals surface area (Å²) < 4.78 is 0. The zero-order valence-corrected chi connectivity index (χ0v) is 11.4. The first-order valence-corrected chi connectivity index (χ1v) is 6.77. The second-order valence-electron chi connectivity index (χ2n) is 4.93. The van der Waals surface area contributed by atoms with Gasteiger partial charge in [0.05, 0.1) is 0 Å². The molecule has 1 atom stereocenters. The molecule has 0 spiro atoms. The number of hydrogen-bond acceptors (Lipinski definition) is 3. The number of aliphatic hydroxyl groups excluding tert-OH is 1. The molecule has 0 aliphatic carbocycles. The van der Waals surface area contributed by atoms with Gasteiger partial charge in [-0.3, -0.25) is 0 Å². The van der Waals surface area contributed by atoms with Crippen LogP contribution >= 0.6 is 0 Å². The van der Waals surface area contributed by atoms with Gasteiger partial charge >= 0.3 is 0 Å². The average molecular weight is 251 g/mol. The maximum Gasteiger partial charge on any atom is 0.120 e. The fourth-order valence-electron chi connectivity index (χ4n) is 2.21. The maximum atomic E-state index is 9.73. The van der Waals surface area contributed by atoms with Crippen molar-refractivity contribution in [3.05, 3.63) is 29.3 Å². The molecule has 102 valence electrons. The van der Waals surface area contributed by atoms with Gasteiger partial charge in [-0.15, -0.1) is 0 Å². The first kappa shape index (κ1) is 15.0. The molecule has 1 aromatic carbocycles. The Morgan fingerprint density at radius 1 is 1.28 bits per heavy atom. The normalized spacial score (nSPS) is 12.6. The molecule has 1 aromatic rings. The fourth-order valence-corrected chi connectivity index (χ4v) is 2.21.